The summed E-state index contributed by atoms with van der Waals surface area (Å²) < 4.78 is 37.4. The Kier molecular flexibility index (Phi) is 17.3. The van der Waals surface area contributed by atoms with E-state index in [0.717, 1.165) is 9.13 Å². The Morgan fingerprint density at radius 2 is 1.06 bits per heavy atom. The molecule has 0 aliphatic rings. The zero-order valence-electron chi connectivity index (χ0n) is 36.6. The highest BCUT2D eigenvalue weighted by Crippen LogP contribution is 2.20. The summed E-state index contributed by atoms with van der Waals surface area (Å²) in [5, 5.41) is 15.9. The average Bonchev–Trinajstić information content (AvgIpc) is 3.29. The number of esters is 1. The monoisotopic (exact) mass is 960 g/mol. The fourth-order valence-corrected chi connectivity index (χ4v) is 6.50. The molecule has 0 bridgehead atoms. The second kappa shape index (κ2) is 23.0. The van der Waals surface area contributed by atoms with Crippen molar-refractivity contribution in [3.05, 3.63) is 171 Å². The van der Waals surface area contributed by atoms with Crippen molar-refractivity contribution >= 4 is 70.8 Å². The topological polar surface area (TPSA) is 226 Å². The van der Waals surface area contributed by atoms with Crippen molar-refractivity contribution < 1.29 is 28.2 Å². The Morgan fingerprint density at radius 3 is 1.40 bits per heavy atom. The molecule has 6 aromatic rings. The lowest BCUT2D eigenvalue weighted by atomic mass is 10.2. The van der Waals surface area contributed by atoms with Gasteiger partial charge in [0.05, 0.1) is 32.0 Å². The van der Waals surface area contributed by atoms with Crippen LogP contribution in [0.5, 0.6) is 0 Å². The van der Waals surface area contributed by atoms with E-state index in [2.05, 4.69) is 35.3 Å². The van der Waals surface area contributed by atoms with Gasteiger partial charge in [0.1, 0.15) is 11.6 Å². The van der Waals surface area contributed by atoms with Crippen molar-refractivity contribution in [2.75, 3.05) is 31.8 Å². The summed E-state index contributed by atoms with van der Waals surface area (Å²) in [6, 6.07) is 22.0. The van der Waals surface area contributed by atoms with Crippen LogP contribution in [0.1, 0.15) is 36.1 Å². The summed E-state index contributed by atoms with van der Waals surface area (Å²) in [7, 11) is 4.27. The number of nitrogens with zero attached hydrogens (tertiary/aromatic N) is 8. The van der Waals surface area contributed by atoms with Gasteiger partial charge in [0, 0.05) is 72.2 Å². The molecule has 0 fully saturated rings. The number of aliphatic imine (C=N–C) groups is 2. The van der Waals surface area contributed by atoms with E-state index in [1.807, 2.05) is 0 Å². The van der Waals surface area contributed by atoms with Gasteiger partial charge >= 0.3 is 34.7 Å². The van der Waals surface area contributed by atoms with Crippen LogP contribution in [0.3, 0.4) is 0 Å². The number of carboxylic acids is 1. The van der Waals surface area contributed by atoms with Crippen LogP contribution < -0.4 is 33.4 Å². The summed E-state index contributed by atoms with van der Waals surface area (Å²) in [4.78, 5) is 90.3. The van der Waals surface area contributed by atoms with E-state index in [0.29, 0.717) is 21.2 Å². The first-order valence-electron chi connectivity index (χ1n) is 20.1. The number of methoxy groups -OCH3 is 1. The van der Waals surface area contributed by atoms with Gasteiger partial charge in [0.15, 0.2) is 0 Å². The SMILES string of the molecule is CN=Cc1ccc(Nc2nc(=O)n(C[C@H](C)C(=O)O)c(=O)n2Cc2ccc(Cl)cc2)cc1F.CN=Cc1ccc(Nc2nc(=O)n(C[C@H](C)C(=O)OC)c(=O)n2Cc2ccc(Cl)cc2)cc1F. The molecule has 350 valence electrons. The van der Waals surface area contributed by atoms with Crippen molar-refractivity contribution in [1.29, 1.82) is 0 Å². The third-order valence-corrected chi connectivity index (χ3v) is 10.3. The molecule has 0 saturated carbocycles. The molecule has 18 nitrogen and oxygen atoms in total. The zero-order chi connectivity index (χ0) is 48.9. The second-order valence-corrected chi connectivity index (χ2v) is 15.7. The lowest BCUT2D eigenvalue weighted by Crippen LogP contribution is -2.44. The Labute approximate surface area is 390 Å². The average molecular weight is 962 g/mol. The fraction of sp³-hybridized carbons (Fsp3) is 0.244. The van der Waals surface area contributed by atoms with E-state index in [9.17, 15) is 42.7 Å². The van der Waals surface area contributed by atoms with E-state index in [1.54, 1.807) is 60.7 Å². The highest BCUT2D eigenvalue weighted by Gasteiger charge is 2.22. The van der Waals surface area contributed by atoms with Gasteiger partial charge in [-0.15, -0.1) is 0 Å². The van der Waals surface area contributed by atoms with E-state index in [1.165, 1.54) is 80.9 Å². The lowest BCUT2D eigenvalue weighted by molar-refractivity contribution is -0.145. The summed E-state index contributed by atoms with van der Waals surface area (Å²) in [5.41, 5.74) is -0.731. The number of rotatable bonds is 16. The van der Waals surface area contributed by atoms with Crippen LogP contribution in [0, 0.1) is 23.5 Å². The number of carbonyl (C=O) groups excluding carboxylic acids is 1. The minimum atomic E-state index is -1.15. The molecule has 22 heteroatoms. The van der Waals surface area contributed by atoms with Gasteiger partial charge in [-0.2, -0.15) is 9.97 Å². The molecular weight excluding hydrogens is 917 g/mol. The number of aliphatic carboxylic acids is 1. The number of hydrogen-bond donors (Lipinski definition) is 3. The molecule has 3 N–H and O–H groups in total. The molecule has 0 spiro atoms. The first-order chi connectivity index (χ1) is 31.9. The van der Waals surface area contributed by atoms with Gasteiger partial charge in [0.2, 0.25) is 11.9 Å². The molecule has 0 aliphatic heterocycles. The molecule has 0 unspecified atom stereocenters. The molecule has 0 aliphatic carbocycles. The number of benzene rings is 4. The molecule has 0 saturated heterocycles. The van der Waals surface area contributed by atoms with Crippen LogP contribution in [-0.2, 0) is 40.5 Å². The molecule has 4 aromatic carbocycles. The molecule has 2 aromatic heterocycles. The normalized spacial score (nSPS) is 12.1. The fourth-order valence-electron chi connectivity index (χ4n) is 6.25. The largest absolute Gasteiger partial charge is 0.481 e. The molecule has 67 heavy (non-hydrogen) atoms. The first-order valence-corrected chi connectivity index (χ1v) is 20.9. The maximum atomic E-state index is 14.4. The van der Waals surface area contributed by atoms with E-state index < -0.39 is 58.2 Å². The maximum Gasteiger partial charge on any atom is 0.354 e. The molecule has 2 atom stereocenters. The molecule has 0 amide bonds. The van der Waals surface area contributed by atoms with Crippen molar-refractivity contribution in [3.8, 4) is 0 Å². The molecular formula is C45H44Cl2F2N10O8. The van der Waals surface area contributed by atoms with Gasteiger partial charge < -0.3 is 20.5 Å². The van der Waals surface area contributed by atoms with Gasteiger partial charge in [-0.1, -0.05) is 61.3 Å². The first kappa shape index (κ1) is 50.4. The van der Waals surface area contributed by atoms with Crippen LogP contribution in [0.15, 0.2) is 114 Å². The van der Waals surface area contributed by atoms with E-state index >= 15 is 0 Å². The number of nitrogens with one attached hydrogen (secondary N) is 2. The Morgan fingerprint density at radius 1 is 0.672 bits per heavy atom. The standard InChI is InChI=1S/C23H23ClFN5O4.C22H21ClFN5O4/c1-14(20(31)34-3)12-30-22(32)28-21(27-18-9-6-16(11-26-2)19(25)10-18)29(23(30)33)13-15-4-7-17(24)8-5-15;1-13(19(30)31)11-29-21(32)27-20(26-17-8-5-15(10-25-2)18(24)9-17)28(22(29)33)12-14-3-6-16(23)7-4-14/h4-11,14H,12-13H2,1-3H3,(H,27,28,32);3-10,13H,11-12H2,1-2H3,(H,30,31)(H,26,27,32)/t14-;13-/m00/s1. The maximum absolute atomic E-state index is 14.4. The third-order valence-electron chi connectivity index (χ3n) is 9.80. The van der Waals surface area contributed by atoms with Gasteiger partial charge in [-0.25, -0.2) is 37.1 Å². The summed E-state index contributed by atoms with van der Waals surface area (Å²) in [6.45, 7) is 2.42. The predicted molar refractivity (Wildman–Crippen MR) is 251 cm³/mol. The van der Waals surface area contributed by atoms with E-state index in [4.69, 9.17) is 23.2 Å². The van der Waals surface area contributed by atoms with Crippen molar-refractivity contribution in [2.45, 2.75) is 40.0 Å². The van der Waals surface area contributed by atoms with Crippen molar-refractivity contribution in [1.82, 2.24) is 28.2 Å². The van der Waals surface area contributed by atoms with Gasteiger partial charge in [-0.3, -0.25) is 28.7 Å². The van der Waals surface area contributed by atoms with Gasteiger partial charge in [-0.05, 0) is 71.8 Å². The Hall–Kier alpha value is -7.58. The number of aromatic nitrogens is 6. The third kappa shape index (κ3) is 13.3. The minimum Gasteiger partial charge on any atom is -0.481 e. The van der Waals surface area contributed by atoms with E-state index in [-0.39, 0.29) is 60.6 Å². The summed E-state index contributed by atoms with van der Waals surface area (Å²) in [6.07, 6.45) is 2.73. The number of halogens is 4. The lowest BCUT2D eigenvalue weighted by Gasteiger charge is -2.17. The smallest absolute Gasteiger partial charge is 0.354 e. The molecule has 0 radical (unpaired) electrons. The second-order valence-electron chi connectivity index (χ2n) is 14.8. The zero-order valence-corrected chi connectivity index (χ0v) is 38.1. The van der Waals surface area contributed by atoms with Crippen molar-refractivity contribution in [2.24, 2.45) is 21.8 Å². The Balaban J connectivity index is 0.000000251. The summed E-state index contributed by atoms with van der Waals surface area (Å²) in [5.74, 6) is -4.74. The molecule has 2 heterocycles. The number of carboxylic acid groups (broad SMARTS) is 1. The number of carbonyl (C=O) groups is 2. The van der Waals surface area contributed by atoms with Crippen LogP contribution in [0.25, 0.3) is 0 Å². The van der Waals surface area contributed by atoms with Crippen LogP contribution in [0.2, 0.25) is 10.0 Å². The quantitative estimate of drug-likeness (QED) is 0.0796. The highest BCUT2D eigenvalue weighted by molar-refractivity contribution is 6.30. The highest BCUT2D eigenvalue weighted by atomic mass is 35.5. The number of hydrogen-bond acceptors (Lipinski definition) is 13. The van der Waals surface area contributed by atoms with Gasteiger partial charge in [0.25, 0.3) is 0 Å². The van der Waals surface area contributed by atoms with Crippen LogP contribution in [0.4, 0.5) is 32.1 Å². The van der Waals surface area contributed by atoms with Crippen LogP contribution >= 0.6 is 23.2 Å². The molecule has 6 rings (SSSR count). The number of anilines is 4. The Bertz CT molecular complexity index is 3060. The van der Waals surface area contributed by atoms with Crippen LogP contribution in [-0.4, -0.2) is 78.9 Å². The predicted octanol–water partition coefficient (Wildman–Crippen LogP) is 5.61. The summed E-state index contributed by atoms with van der Waals surface area (Å²) >= 11 is 11.9. The number of ether oxygens (including phenoxy) is 1. The minimum absolute atomic E-state index is 0.0100. The van der Waals surface area contributed by atoms with Crippen molar-refractivity contribution in [3.63, 3.8) is 0 Å².